The van der Waals surface area contributed by atoms with Crippen molar-refractivity contribution >= 4 is 17.6 Å². The Balaban J connectivity index is 2.79. The van der Waals surface area contributed by atoms with E-state index in [1.165, 1.54) is 0 Å². The number of aliphatic carboxylic acids is 1. The van der Waals surface area contributed by atoms with Crippen molar-refractivity contribution in [3.63, 3.8) is 0 Å². The molecular weight excluding hydrogens is 238 g/mol. The van der Waals surface area contributed by atoms with Gasteiger partial charge in [0.1, 0.15) is 0 Å². The largest absolute Gasteiger partial charge is 0.480 e. The van der Waals surface area contributed by atoms with Gasteiger partial charge in [-0.3, -0.25) is 9.69 Å². The molecule has 0 spiro atoms. The Morgan fingerprint density at radius 3 is 2.65 bits per heavy atom. The number of benzene rings is 1. The number of hydrogen-bond donors (Lipinski definition) is 1. The Hall–Kier alpha value is -1.06. The van der Waals surface area contributed by atoms with Gasteiger partial charge in [0.2, 0.25) is 0 Å². The van der Waals surface area contributed by atoms with Crippen molar-refractivity contribution < 1.29 is 9.90 Å². The van der Waals surface area contributed by atoms with Crippen molar-refractivity contribution in [3.05, 3.63) is 34.9 Å². The fourth-order valence-electron chi connectivity index (χ4n) is 1.64. The fraction of sp³-hybridized carbons (Fsp3) is 0.462. The zero-order valence-corrected chi connectivity index (χ0v) is 10.9. The number of carbonyl (C=O) groups is 1. The zero-order chi connectivity index (χ0) is 12.8. The average molecular weight is 256 g/mol. The average Bonchev–Trinajstić information content (AvgIpc) is 2.29. The SMILES string of the molecule is CCC(C)N(CC(=O)O)Cc1ccccc1Cl. The van der Waals surface area contributed by atoms with Crippen LogP contribution in [0.25, 0.3) is 0 Å². The molecule has 0 aromatic heterocycles. The minimum atomic E-state index is -0.808. The summed E-state index contributed by atoms with van der Waals surface area (Å²) in [6.07, 6.45) is 0.914. The second kappa shape index (κ2) is 6.62. The lowest BCUT2D eigenvalue weighted by Gasteiger charge is -2.27. The minimum absolute atomic E-state index is 0.0419. The van der Waals surface area contributed by atoms with E-state index < -0.39 is 5.97 Å². The molecule has 0 bridgehead atoms. The molecule has 0 heterocycles. The summed E-state index contributed by atoms with van der Waals surface area (Å²) in [6.45, 7) is 4.69. The van der Waals surface area contributed by atoms with Gasteiger partial charge < -0.3 is 5.11 Å². The summed E-state index contributed by atoms with van der Waals surface area (Å²) in [4.78, 5) is 12.8. The highest BCUT2D eigenvalue weighted by Gasteiger charge is 2.16. The highest BCUT2D eigenvalue weighted by atomic mass is 35.5. The lowest BCUT2D eigenvalue weighted by molar-refractivity contribution is -0.139. The van der Waals surface area contributed by atoms with Gasteiger partial charge in [0.15, 0.2) is 0 Å². The lowest BCUT2D eigenvalue weighted by atomic mass is 10.1. The van der Waals surface area contributed by atoms with Crippen LogP contribution in [0.4, 0.5) is 0 Å². The number of carboxylic acids is 1. The predicted molar refractivity (Wildman–Crippen MR) is 69.3 cm³/mol. The molecule has 3 nitrogen and oxygen atoms in total. The summed E-state index contributed by atoms with van der Waals surface area (Å²) < 4.78 is 0. The predicted octanol–water partition coefficient (Wildman–Crippen LogP) is 3.03. The molecule has 0 saturated heterocycles. The number of halogens is 1. The second-order valence-electron chi connectivity index (χ2n) is 4.15. The normalized spacial score (nSPS) is 12.7. The van der Waals surface area contributed by atoms with Gasteiger partial charge in [0, 0.05) is 17.6 Å². The van der Waals surface area contributed by atoms with Crippen LogP contribution in [0.15, 0.2) is 24.3 Å². The highest BCUT2D eigenvalue weighted by Crippen LogP contribution is 2.18. The fourth-order valence-corrected chi connectivity index (χ4v) is 1.84. The van der Waals surface area contributed by atoms with Crippen LogP contribution >= 0.6 is 11.6 Å². The van der Waals surface area contributed by atoms with Crippen molar-refractivity contribution in [1.82, 2.24) is 4.90 Å². The first-order chi connectivity index (χ1) is 8.04. The van der Waals surface area contributed by atoms with Gasteiger partial charge in [-0.2, -0.15) is 0 Å². The van der Waals surface area contributed by atoms with Crippen LogP contribution in [0.3, 0.4) is 0 Å². The molecule has 94 valence electrons. The third-order valence-electron chi connectivity index (χ3n) is 2.88. The molecule has 1 N–H and O–H groups in total. The number of nitrogens with zero attached hydrogens (tertiary/aromatic N) is 1. The van der Waals surface area contributed by atoms with Crippen molar-refractivity contribution in [1.29, 1.82) is 0 Å². The molecule has 1 aromatic carbocycles. The van der Waals surface area contributed by atoms with Crippen molar-refractivity contribution in [2.24, 2.45) is 0 Å². The van der Waals surface area contributed by atoms with Gasteiger partial charge in [-0.15, -0.1) is 0 Å². The van der Waals surface area contributed by atoms with Crippen LogP contribution in [0, 0.1) is 0 Å². The Labute approximate surface area is 107 Å². The molecule has 1 unspecified atom stereocenters. The first kappa shape index (κ1) is 14.0. The summed E-state index contributed by atoms with van der Waals surface area (Å²) in [5.74, 6) is -0.808. The zero-order valence-electron chi connectivity index (χ0n) is 10.2. The van der Waals surface area contributed by atoms with Gasteiger partial charge in [-0.05, 0) is 25.0 Å². The quantitative estimate of drug-likeness (QED) is 0.850. The van der Waals surface area contributed by atoms with E-state index in [9.17, 15) is 4.79 Å². The molecule has 0 aliphatic rings. The maximum absolute atomic E-state index is 10.8. The maximum Gasteiger partial charge on any atom is 0.317 e. The monoisotopic (exact) mass is 255 g/mol. The summed E-state index contributed by atoms with van der Waals surface area (Å²) in [6, 6.07) is 7.77. The molecule has 0 aliphatic heterocycles. The summed E-state index contributed by atoms with van der Waals surface area (Å²) >= 11 is 6.08. The van der Waals surface area contributed by atoms with E-state index in [1.54, 1.807) is 0 Å². The number of carboxylic acid groups (broad SMARTS) is 1. The minimum Gasteiger partial charge on any atom is -0.480 e. The first-order valence-electron chi connectivity index (χ1n) is 5.73. The first-order valence-corrected chi connectivity index (χ1v) is 6.11. The molecule has 0 fully saturated rings. The smallest absolute Gasteiger partial charge is 0.317 e. The van der Waals surface area contributed by atoms with Crippen LogP contribution in [0.2, 0.25) is 5.02 Å². The topological polar surface area (TPSA) is 40.5 Å². The molecule has 1 aromatic rings. The van der Waals surface area contributed by atoms with Crippen molar-refractivity contribution in [2.45, 2.75) is 32.9 Å². The van der Waals surface area contributed by atoms with Crippen molar-refractivity contribution in [3.8, 4) is 0 Å². The molecule has 17 heavy (non-hydrogen) atoms. The molecule has 0 amide bonds. The lowest BCUT2D eigenvalue weighted by Crippen LogP contribution is -2.36. The molecule has 4 heteroatoms. The van der Waals surface area contributed by atoms with Gasteiger partial charge >= 0.3 is 5.97 Å². The summed E-state index contributed by atoms with van der Waals surface area (Å²) in [5.41, 5.74) is 0.968. The standard InChI is InChI=1S/C13H18ClNO2/c1-3-10(2)15(9-13(16)17)8-11-6-4-5-7-12(11)14/h4-7,10H,3,8-9H2,1-2H3,(H,16,17). The molecule has 0 aliphatic carbocycles. The Morgan fingerprint density at radius 1 is 1.47 bits per heavy atom. The van der Waals surface area contributed by atoms with Crippen LogP contribution in [0.5, 0.6) is 0 Å². The van der Waals surface area contributed by atoms with E-state index in [1.807, 2.05) is 43.0 Å². The molecule has 0 radical (unpaired) electrons. The van der Waals surface area contributed by atoms with E-state index >= 15 is 0 Å². The molecule has 1 atom stereocenters. The van der Waals surface area contributed by atoms with Gasteiger partial charge in [-0.1, -0.05) is 36.7 Å². The molecular formula is C13H18ClNO2. The van der Waals surface area contributed by atoms with Gasteiger partial charge in [0.25, 0.3) is 0 Å². The Morgan fingerprint density at radius 2 is 2.12 bits per heavy atom. The van der Waals surface area contributed by atoms with Crippen LogP contribution in [-0.2, 0) is 11.3 Å². The Kier molecular flexibility index (Phi) is 5.45. The number of rotatable bonds is 6. The third-order valence-corrected chi connectivity index (χ3v) is 3.25. The van der Waals surface area contributed by atoms with Crippen LogP contribution < -0.4 is 0 Å². The van der Waals surface area contributed by atoms with E-state index in [2.05, 4.69) is 0 Å². The van der Waals surface area contributed by atoms with Crippen molar-refractivity contribution in [2.75, 3.05) is 6.54 Å². The maximum atomic E-state index is 10.8. The van der Waals surface area contributed by atoms with Crippen LogP contribution in [0.1, 0.15) is 25.8 Å². The third kappa shape index (κ3) is 4.36. The van der Waals surface area contributed by atoms with Gasteiger partial charge in [0.05, 0.1) is 6.54 Å². The van der Waals surface area contributed by atoms with E-state index in [0.29, 0.717) is 11.6 Å². The molecule has 1 rings (SSSR count). The summed E-state index contributed by atoms with van der Waals surface area (Å²) in [5, 5.41) is 9.59. The van der Waals surface area contributed by atoms with Crippen LogP contribution in [-0.4, -0.2) is 28.6 Å². The van der Waals surface area contributed by atoms with E-state index in [4.69, 9.17) is 16.7 Å². The molecule has 0 saturated carbocycles. The highest BCUT2D eigenvalue weighted by molar-refractivity contribution is 6.31. The second-order valence-corrected chi connectivity index (χ2v) is 4.55. The van der Waals surface area contributed by atoms with Gasteiger partial charge in [-0.25, -0.2) is 0 Å². The van der Waals surface area contributed by atoms with E-state index in [-0.39, 0.29) is 12.6 Å². The Bertz CT molecular complexity index is 381. The van der Waals surface area contributed by atoms with E-state index in [0.717, 1.165) is 12.0 Å². The number of hydrogen-bond acceptors (Lipinski definition) is 2. The summed E-state index contributed by atoms with van der Waals surface area (Å²) in [7, 11) is 0.